The van der Waals surface area contributed by atoms with Crippen molar-refractivity contribution >= 4 is 29.7 Å². The Hall–Kier alpha value is -1.44. The van der Waals surface area contributed by atoms with E-state index in [1.165, 1.54) is 11.8 Å². The number of primary amides is 1. The molecule has 0 spiro atoms. The van der Waals surface area contributed by atoms with Crippen molar-refractivity contribution in [2.45, 2.75) is 31.7 Å². The highest BCUT2D eigenvalue weighted by molar-refractivity contribution is 7.98. The molecule has 7 nitrogen and oxygen atoms in total. The van der Waals surface area contributed by atoms with Gasteiger partial charge in [0.2, 0.25) is 5.91 Å². The van der Waals surface area contributed by atoms with E-state index < -0.39 is 18.0 Å². The molecule has 0 saturated heterocycles. The molecule has 110 valence electrons. The molecular weight excluding hydrogens is 270 g/mol. The van der Waals surface area contributed by atoms with Crippen LogP contribution in [-0.2, 0) is 9.59 Å². The number of carbonyl (C=O) groups is 3. The lowest BCUT2D eigenvalue weighted by atomic mass is 10.2. The van der Waals surface area contributed by atoms with Gasteiger partial charge in [0.05, 0.1) is 0 Å². The number of aliphatic carboxylic acids is 1. The number of carboxylic acid groups (broad SMARTS) is 1. The molecule has 0 aliphatic rings. The van der Waals surface area contributed by atoms with Crippen molar-refractivity contribution in [1.29, 1.82) is 0 Å². The monoisotopic (exact) mass is 291 g/mol. The lowest BCUT2D eigenvalue weighted by Crippen LogP contribution is -2.46. The van der Waals surface area contributed by atoms with E-state index in [1.807, 2.05) is 6.26 Å². The molecule has 8 heteroatoms. The van der Waals surface area contributed by atoms with Crippen LogP contribution in [0.15, 0.2) is 0 Å². The number of nitrogens with two attached hydrogens (primary N) is 1. The highest BCUT2D eigenvalue weighted by atomic mass is 32.2. The molecule has 0 heterocycles. The minimum absolute atomic E-state index is 0.286. The molecule has 0 aromatic rings. The van der Waals surface area contributed by atoms with Gasteiger partial charge in [-0.3, -0.25) is 4.79 Å². The van der Waals surface area contributed by atoms with Gasteiger partial charge >= 0.3 is 12.0 Å². The van der Waals surface area contributed by atoms with Crippen LogP contribution in [0.1, 0.15) is 25.7 Å². The number of carbonyl (C=O) groups excluding carboxylic acids is 2. The van der Waals surface area contributed by atoms with Crippen LogP contribution in [0.3, 0.4) is 0 Å². The van der Waals surface area contributed by atoms with Gasteiger partial charge in [0.15, 0.2) is 0 Å². The molecule has 1 atom stereocenters. The Morgan fingerprint density at radius 3 is 2.53 bits per heavy atom. The van der Waals surface area contributed by atoms with E-state index in [4.69, 9.17) is 10.8 Å². The maximum atomic E-state index is 11.4. The summed E-state index contributed by atoms with van der Waals surface area (Å²) in [6.07, 6.45) is 3.77. The normalized spacial score (nSPS) is 11.6. The van der Waals surface area contributed by atoms with Crippen LogP contribution < -0.4 is 16.4 Å². The molecule has 3 amide bonds. The first kappa shape index (κ1) is 17.6. The quantitative estimate of drug-likeness (QED) is 0.427. The average molecular weight is 291 g/mol. The van der Waals surface area contributed by atoms with Gasteiger partial charge in [-0.1, -0.05) is 0 Å². The van der Waals surface area contributed by atoms with Crippen molar-refractivity contribution < 1.29 is 19.5 Å². The van der Waals surface area contributed by atoms with Gasteiger partial charge in [-0.25, -0.2) is 9.59 Å². The second-order valence-corrected chi connectivity index (χ2v) is 4.98. The largest absolute Gasteiger partial charge is 0.480 e. The van der Waals surface area contributed by atoms with Crippen LogP contribution in [0.5, 0.6) is 0 Å². The van der Waals surface area contributed by atoms with Crippen molar-refractivity contribution in [3.8, 4) is 0 Å². The molecule has 0 radical (unpaired) electrons. The maximum Gasteiger partial charge on any atom is 0.326 e. The van der Waals surface area contributed by atoms with Crippen LogP contribution >= 0.6 is 11.8 Å². The second kappa shape index (κ2) is 10.5. The summed E-state index contributed by atoms with van der Waals surface area (Å²) in [5, 5.41) is 13.9. The third-order valence-electron chi connectivity index (χ3n) is 2.35. The fourth-order valence-corrected chi connectivity index (χ4v) is 1.80. The lowest BCUT2D eigenvalue weighted by Gasteiger charge is -2.14. The van der Waals surface area contributed by atoms with Gasteiger partial charge < -0.3 is 21.5 Å². The molecule has 0 saturated carbocycles. The van der Waals surface area contributed by atoms with E-state index in [0.29, 0.717) is 31.6 Å². The number of thioether (sulfide) groups is 1. The van der Waals surface area contributed by atoms with Crippen LogP contribution in [0.4, 0.5) is 4.79 Å². The summed E-state index contributed by atoms with van der Waals surface area (Å²) < 4.78 is 0. The maximum absolute atomic E-state index is 11.4. The zero-order valence-electron chi connectivity index (χ0n) is 11.0. The van der Waals surface area contributed by atoms with Crippen molar-refractivity contribution in [2.24, 2.45) is 5.73 Å². The van der Waals surface area contributed by atoms with E-state index in [0.717, 1.165) is 0 Å². The van der Waals surface area contributed by atoms with Crippen molar-refractivity contribution in [1.82, 2.24) is 10.6 Å². The second-order valence-electron chi connectivity index (χ2n) is 4.00. The Balaban J connectivity index is 3.80. The Labute approximate surface area is 116 Å². The topological polar surface area (TPSA) is 122 Å². The zero-order chi connectivity index (χ0) is 14.7. The third-order valence-corrected chi connectivity index (χ3v) is 2.99. The molecule has 0 aliphatic carbocycles. The summed E-state index contributed by atoms with van der Waals surface area (Å²) in [4.78, 5) is 32.8. The number of carboxylic acids is 1. The molecule has 0 rings (SSSR count). The molecule has 0 fully saturated rings. The smallest absolute Gasteiger partial charge is 0.326 e. The van der Waals surface area contributed by atoms with E-state index in [9.17, 15) is 14.4 Å². The summed E-state index contributed by atoms with van der Waals surface area (Å²) in [5.41, 5.74) is 4.97. The number of urea groups is 1. The number of hydrogen-bond acceptors (Lipinski definition) is 4. The molecule has 0 unspecified atom stereocenters. The van der Waals surface area contributed by atoms with Crippen molar-refractivity contribution in [3.63, 3.8) is 0 Å². The van der Waals surface area contributed by atoms with Gasteiger partial charge in [0, 0.05) is 13.0 Å². The summed E-state index contributed by atoms with van der Waals surface area (Å²) in [5.74, 6) is -0.749. The molecule has 0 aromatic heterocycles. The van der Waals surface area contributed by atoms with Gasteiger partial charge in [0.25, 0.3) is 0 Å². The molecule has 5 N–H and O–H groups in total. The predicted octanol–water partition coefficient (Wildman–Crippen LogP) is 0.148. The van der Waals surface area contributed by atoms with Crippen molar-refractivity contribution in [2.75, 3.05) is 18.6 Å². The minimum Gasteiger partial charge on any atom is -0.480 e. The molecule has 0 aliphatic heterocycles. The highest BCUT2D eigenvalue weighted by Crippen LogP contribution is 2.01. The zero-order valence-corrected chi connectivity index (χ0v) is 11.8. The molecular formula is C11H21N3O4S. The molecule has 0 bridgehead atoms. The SMILES string of the molecule is CSCC[C@H](NC(=O)NCCCCC(N)=O)C(=O)O. The Kier molecular flexibility index (Phi) is 9.69. The highest BCUT2D eigenvalue weighted by Gasteiger charge is 2.18. The standard InChI is InChI=1S/C11H21N3O4S/c1-19-7-5-8(10(16)17)14-11(18)13-6-3-2-4-9(12)15/h8H,2-7H2,1H3,(H2,12,15)(H,16,17)(H2,13,14,18)/t8-/m0/s1. The van der Waals surface area contributed by atoms with E-state index in [2.05, 4.69) is 10.6 Å². The first-order chi connectivity index (χ1) is 8.97. The predicted molar refractivity (Wildman–Crippen MR) is 74.0 cm³/mol. The fourth-order valence-electron chi connectivity index (χ4n) is 1.33. The first-order valence-electron chi connectivity index (χ1n) is 6.01. The van der Waals surface area contributed by atoms with Crippen LogP contribution in [0, 0.1) is 0 Å². The lowest BCUT2D eigenvalue weighted by molar-refractivity contribution is -0.139. The third kappa shape index (κ3) is 10.2. The average Bonchev–Trinajstić information content (AvgIpc) is 2.33. The van der Waals surface area contributed by atoms with Crippen LogP contribution in [0.2, 0.25) is 0 Å². The first-order valence-corrected chi connectivity index (χ1v) is 7.41. The number of unbranched alkanes of at least 4 members (excludes halogenated alkanes) is 1. The van der Waals surface area contributed by atoms with Crippen molar-refractivity contribution in [3.05, 3.63) is 0 Å². The number of amides is 3. The van der Waals surface area contributed by atoms with Gasteiger partial charge in [-0.05, 0) is 31.3 Å². The summed E-state index contributed by atoms with van der Waals surface area (Å²) in [6.45, 7) is 0.383. The summed E-state index contributed by atoms with van der Waals surface area (Å²) in [7, 11) is 0. The number of rotatable bonds is 10. The van der Waals surface area contributed by atoms with Gasteiger partial charge in [-0.2, -0.15) is 11.8 Å². The summed E-state index contributed by atoms with van der Waals surface area (Å²) >= 11 is 1.52. The molecule has 0 aromatic carbocycles. The van der Waals surface area contributed by atoms with E-state index in [-0.39, 0.29) is 12.3 Å². The van der Waals surface area contributed by atoms with Gasteiger partial charge in [0.1, 0.15) is 6.04 Å². The van der Waals surface area contributed by atoms with E-state index in [1.54, 1.807) is 0 Å². The van der Waals surface area contributed by atoms with Crippen LogP contribution in [-0.4, -0.2) is 47.6 Å². The Morgan fingerprint density at radius 1 is 1.32 bits per heavy atom. The Bertz CT molecular complexity index is 312. The number of nitrogens with one attached hydrogen (secondary N) is 2. The number of hydrogen-bond donors (Lipinski definition) is 4. The van der Waals surface area contributed by atoms with Crippen LogP contribution in [0.25, 0.3) is 0 Å². The minimum atomic E-state index is -1.04. The summed E-state index contributed by atoms with van der Waals surface area (Å²) in [6, 6.07) is -1.38. The Morgan fingerprint density at radius 2 is 2.00 bits per heavy atom. The van der Waals surface area contributed by atoms with Gasteiger partial charge in [-0.15, -0.1) is 0 Å². The van der Waals surface area contributed by atoms with E-state index >= 15 is 0 Å². The molecule has 19 heavy (non-hydrogen) atoms. The fraction of sp³-hybridized carbons (Fsp3) is 0.727.